The van der Waals surface area contributed by atoms with E-state index in [0.29, 0.717) is 12.3 Å². The fraction of sp³-hybridized carbons (Fsp3) is 0.500. The Kier molecular flexibility index (Phi) is 3.45. The monoisotopic (exact) mass is 205 g/mol. The minimum atomic E-state index is 0.204. The van der Waals surface area contributed by atoms with E-state index < -0.39 is 0 Å². The maximum Gasteiger partial charge on any atom is 0.164 e. The van der Waals surface area contributed by atoms with Crippen molar-refractivity contribution in [3.8, 4) is 0 Å². The molecule has 15 heavy (non-hydrogen) atoms. The lowest BCUT2D eigenvalue weighted by molar-refractivity contribution is 0.0601. The molecule has 0 unspecified atom stereocenters. The van der Waals surface area contributed by atoms with E-state index in [1.807, 2.05) is 6.07 Å². The normalized spacial score (nSPS) is 17.6. The first-order chi connectivity index (χ1) is 7.36. The van der Waals surface area contributed by atoms with Gasteiger partial charge in [0.15, 0.2) is 5.78 Å². The standard InChI is InChI=1S/C12H15NO2/c14-12(11-2-1-5-13-9-11)8-10-3-6-15-7-4-10/h1-2,5,9-10H,3-4,6-8H2. The van der Waals surface area contributed by atoms with Gasteiger partial charge in [0, 0.05) is 37.6 Å². The molecule has 1 aliphatic heterocycles. The van der Waals surface area contributed by atoms with Gasteiger partial charge in [-0.25, -0.2) is 0 Å². The van der Waals surface area contributed by atoms with Crippen LogP contribution in [0.4, 0.5) is 0 Å². The molecular weight excluding hydrogens is 190 g/mol. The van der Waals surface area contributed by atoms with Crippen LogP contribution in [0.25, 0.3) is 0 Å². The molecule has 0 saturated carbocycles. The highest BCUT2D eigenvalue weighted by atomic mass is 16.5. The molecule has 0 amide bonds. The van der Waals surface area contributed by atoms with Crippen LogP contribution >= 0.6 is 0 Å². The summed E-state index contributed by atoms with van der Waals surface area (Å²) in [5.41, 5.74) is 0.726. The van der Waals surface area contributed by atoms with Crippen molar-refractivity contribution in [1.29, 1.82) is 0 Å². The van der Waals surface area contributed by atoms with Gasteiger partial charge in [-0.1, -0.05) is 0 Å². The highest BCUT2D eigenvalue weighted by Gasteiger charge is 2.18. The van der Waals surface area contributed by atoms with Crippen molar-refractivity contribution >= 4 is 5.78 Å². The van der Waals surface area contributed by atoms with Gasteiger partial charge in [0.1, 0.15) is 0 Å². The van der Waals surface area contributed by atoms with Crippen molar-refractivity contribution < 1.29 is 9.53 Å². The number of ether oxygens (including phenoxy) is 1. The fourth-order valence-corrected chi connectivity index (χ4v) is 1.86. The van der Waals surface area contributed by atoms with E-state index in [-0.39, 0.29) is 5.78 Å². The molecule has 0 N–H and O–H groups in total. The summed E-state index contributed by atoms with van der Waals surface area (Å²) in [6, 6.07) is 3.63. The van der Waals surface area contributed by atoms with Gasteiger partial charge in [0.25, 0.3) is 0 Å². The molecule has 0 aliphatic carbocycles. The average molecular weight is 205 g/mol. The topological polar surface area (TPSA) is 39.2 Å². The van der Waals surface area contributed by atoms with Gasteiger partial charge >= 0.3 is 0 Å². The van der Waals surface area contributed by atoms with Gasteiger partial charge in [-0.2, -0.15) is 0 Å². The molecule has 1 fully saturated rings. The molecule has 1 saturated heterocycles. The fourth-order valence-electron chi connectivity index (χ4n) is 1.86. The SMILES string of the molecule is O=C(CC1CCOCC1)c1cccnc1. The van der Waals surface area contributed by atoms with E-state index in [9.17, 15) is 4.79 Å². The van der Waals surface area contributed by atoms with Crippen LogP contribution in [0.5, 0.6) is 0 Å². The summed E-state index contributed by atoms with van der Waals surface area (Å²) in [5, 5.41) is 0. The zero-order valence-electron chi connectivity index (χ0n) is 8.69. The Balaban J connectivity index is 1.91. The number of hydrogen-bond acceptors (Lipinski definition) is 3. The molecule has 0 spiro atoms. The number of pyridine rings is 1. The summed E-state index contributed by atoms with van der Waals surface area (Å²) in [7, 11) is 0. The van der Waals surface area contributed by atoms with Crippen LogP contribution in [0.2, 0.25) is 0 Å². The lowest BCUT2D eigenvalue weighted by Gasteiger charge is -2.21. The minimum Gasteiger partial charge on any atom is -0.381 e. The molecule has 80 valence electrons. The molecular formula is C12H15NO2. The summed E-state index contributed by atoms with van der Waals surface area (Å²) in [6.45, 7) is 1.59. The largest absolute Gasteiger partial charge is 0.381 e. The number of carbonyl (C=O) groups excluding carboxylic acids is 1. The quantitative estimate of drug-likeness (QED) is 0.709. The zero-order valence-corrected chi connectivity index (χ0v) is 8.69. The van der Waals surface area contributed by atoms with E-state index in [1.165, 1.54) is 0 Å². The van der Waals surface area contributed by atoms with Crippen LogP contribution in [-0.4, -0.2) is 24.0 Å². The first kappa shape index (κ1) is 10.3. The number of Topliss-reactive ketones (excluding diaryl/α,β-unsaturated/α-hetero) is 1. The van der Waals surface area contributed by atoms with Crippen LogP contribution in [0.3, 0.4) is 0 Å². The van der Waals surface area contributed by atoms with Crippen molar-refractivity contribution in [1.82, 2.24) is 4.98 Å². The Morgan fingerprint density at radius 1 is 1.47 bits per heavy atom. The Labute approximate surface area is 89.5 Å². The molecule has 0 radical (unpaired) electrons. The Morgan fingerprint density at radius 3 is 2.93 bits per heavy atom. The van der Waals surface area contributed by atoms with E-state index in [4.69, 9.17) is 4.74 Å². The molecule has 3 nitrogen and oxygen atoms in total. The van der Waals surface area contributed by atoms with Gasteiger partial charge in [-0.3, -0.25) is 9.78 Å². The van der Waals surface area contributed by atoms with E-state index >= 15 is 0 Å². The van der Waals surface area contributed by atoms with Crippen LogP contribution in [0.15, 0.2) is 24.5 Å². The number of rotatable bonds is 3. The molecule has 2 rings (SSSR count). The summed E-state index contributed by atoms with van der Waals surface area (Å²) in [6.07, 6.45) is 5.97. The number of aromatic nitrogens is 1. The first-order valence-electron chi connectivity index (χ1n) is 5.37. The highest BCUT2D eigenvalue weighted by Crippen LogP contribution is 2.20. The van der Waals surface area contributed by atoms with Crippen LogP contribution in [0, 0.1) is 5.92 Å². The van der Waals surface area contributed by atoms with Gasteiger partial charge in [0.2, 0.25) is 0 Å². The first-order valence-corrected chi connectivity index (χ1v) is 5.37. The molecule has 1 aromatic heterocycles. The maximum absolute atomic E-state index is 11.8. The predicted octanol–water partition coefficient (Wildman–Crippen LogP) is 2.08. The van der Waals surface area contributed by atoms with Crippen molar-refractivity contribution in [3.63, 3.8) is 0 Å². The smallest absolute Gasteiger partial charge is 0.164 e. The molecule has 0 aromatic carbocycles. The molecule has 2 heterocycles. The number of ketones is 1. The summed E-state index contributed by atoms with van der Waals surface area (Å²) in [4.78, 5) is 15.8. The zero-order chi connectivity index (χ0) is 10.5. The Bertz CT molecular complexity index is 318. The highest BCUT2D eigenvalue weighted by molar-refractivity contribution is 5.95. The second kappa shape index (κ2) is 5.03. The van der Waals surface area contributed by atoms with Crippen LogP contribution < -0.4 is 0 Å². The average Bonchev–Trinajstić information content (AvgIpc) is 2.31. The van der Waals surface area contributed by atoms with E-state index in [1.54, 1.807) is 18.5 Å². The lowest BCUT2D eigenvalue weighted by Crippen LogP contribution is -2.18. The number of hydrogen-bond donors (Lipinski definition) is 0. The third kappa shape index (κ3) is 2.86. The van der Waals surface area contributed by atoms with Gasteiger partial charge in [0.05, 0.1) is 0 Å². The Hall–Kier alpha value is -1.22. The van der Waals surface area contributed by atoms with Gasteiger partial charge in [-0.05, 0) is 30.9 Å². The molecule has 3 heteroatoms. The van der Waals surface area contributed by atoms with Gasteiger partial charge in [-0.15, -0.1) is 0 Å². The van der Waals surface area contributed by atoms with Crippen LogP contribution in [0.1, 0.15) is 29.6 Å². The van der Waals surface area contributed by atoms with Gasteiger partial charge < -0.3 is 4.74 Å². The maximum atomic E-state index is 11.8. The number of nitrogens with zero attached hydrogens (tertiary/aromatic N) is 1. The van der Waals surface area contributed by atoms with Crippen molar-refractivity contribution in [3.05, 3.63) is 30.1 Å². The van der Waals surface area contributed by atoms with Crippen molar-refractivity contribution in [2.75, 3.05) is 13.2 Å². The van der Waals surface area contributed by atoms with Crippen molar-refractivity contribution in [2.45, 2.75) is 19.3 Å². The van der Waals surface area contributed by atoms with E-state index in [0.717, 1.165) is 31.6 Å². The summed E-state index contributed by atoms with van der Waals surface area (Å²) < 4.78 is 5.26. The summed E-state index contributed by atoms with van der Waals surface area (Å²) >= 11 is 0. The van der Waals surface area contributed by atoms with E-state index in [2.05, 4.69) is 4.98 Å². The Morgan fingerprint density at radius 2 is 2.27 bits per heavy atom. The third-order valence-corrected chi connectivity index (χ3v) is 2.80. The number of carbonyl (C=O) groups is 1. The molecule has 0 bridgehead atoms. The molecule has 1 aliphatic rings. The molecule has 1 aromatic rings. The lowest BCUT2D eigenvalue weighted by atomic mass is 9.92. The third-order valence-electron chi connectivity index (χ3n) is 2.80. The second-order valence-corrected chi connectivity index (χ2v) is 3.92. The minimum absolute atomic E-state index is 0.204. The molecule has 0 atom stereocenters. The second-order valence-electron chi connectivity index (χ2n) is 3.92. The van der Waals surface area contributed by atoms with Crippen LogP contribution in [-0.2, 0) is 4.74 Å². The van der Waals surface area contributed by atoms with Crippen molar-refractivity contribution in [2.24, 2.45) is 5.92 Å². The predicted molar refractivity (Wildman–Crippen MR) is 56.7 cm³/mol. The summed E-state index contributed by atoms with van der Waals surface area (Å²) in [5.74, 6) is 0.696.